The second-order valence-electron chi connectivity index (χ2n) is 3.35. The zero-order valence-corrected chi connectivity index (χ0v) is 10.6. The highest BCUT2D eigenvalue weighted by atomic mass is 79.9. The van der Waals surface area contributed by atoms with E-state index in [1.54, 1.807) is 0 Å². The molecule has 0 bridgehead atoms. The van der Waals surface area contributed by atoms with Crippen LogP contribution in [0, 0.1) is 0 Å². The van der Waals surface area contributed by atoms with Crippen LogP contribution in [0.5, 0.6) is 0 Å². The van der Waals surface area contributed by atoms with Gasteiger partial charge in [-0.2, -0.15) is 0 Å². The van der Waals surface area contributed by atoms with Crippen molar-refractivity contribution in [3.05, 3.63) is 28.2 Å². The third-order valence-corrected chi connectivity index (χ3v) is 2.40. The molecule has 0 unspecified atom stereocenters. The van der Waals surface area contributed by atoms with Gasteiger partial charge >= 0.3 is 0 Å². The van der Waals surface area contributed by atoms with Crippen molar-refractivity contribution in [2.24, 2.45) is 5.73 Å². The van der Waals surface area contributed by atoms with Gasteiger partial charge in [0.15, 0.2) is 0 Å². The van der Waals surface area contributed by atoms with Crippen molar-refractivity contribution in [3.8, 4) is 0 Å². The fourth-order valence-electron chi connectivity index (χ4n) is 1.16. The van der Waals surface area contributed by atoms with Gasteiger partial charge in [0.1, 0.15) is 4.99 Å². The molecule has 0 saturated heterocycles. The van der Waals surface area contributed by atoms with Gasteiger partial charge in [-0.15, -0.1) is 0 Å². The number of hydrogen-bond acceptors (Lipinski definition) is 2. The van der Waals surface area contributed by atoms with Crippen LogP contribution in [0.1, 0.15) is 19.4 Å². The fraction of sp³-hybridized carbons (Fsp3) is 0.300. The molecule has 0 amide bonds. The number of hydrogen-bond donors (Lipinski definition) is 2. The van der Waals surface area contributed by atoms with Crippen LogP contribution in [0.15, 0.2) is 22.7 Å². The Morgan fingerprint density at radius 2 is 2.14 bits per heavy atom. The molecule has 0 saturated carbocycles. The maximum absolute atomic E-state index is 5.62. The number of anilines is 1. The summed E-state index contributed by atoms with van der Waals surface area (Å²) in [5, 5.41) is 3.30. The van der Waals surface area contributed by atoms with Gasteiger partial charge in [0.2, 0.25) is 0 Å². The highest BCUT2D eigenvalue weighted by Gasteiger charge is 2.06. The normalized spacial score (nSPS) is 10.3. The molecule has 0 aliphatic rings. The Morgan fingerprint density at radius 1 is 1.50 bits per heavy atom. The van der Waals surface area contributed by atoms with E-state index >= 15 is 0 Å². The first-order chi connectivity index (χ1) is 6.50. The summed E-state index contributed by atoms with van der Waals surface area (Å²) in [6.45, 7) is 4.15. The summed E-state index contributed by atoms with van der Waals surface area (Å²) in [6.07, 6.45) is 0. The van der Waals surface area contributed by atoms with Crippen molar-refractivity contribution in [2.45, 2.75) is 19.9 Å². The molecule has 2 nitrogen and oxygen atoms in total. The van der Waals surface area contributed by atoms with E-state index in [4.69, 9.17) is 18.0 Å². The number of thiocarbonyl (C=S) groups is 1. The van der Waals surface area contributed by atoms with Crippen LogP contribution >= 0.6 is 28.1 Å². The van der Waals surface area contributed by atoms with Crippen LogP contribution < -0.4 is 11.1 Å². The first-order valence-electron chi connectivity index (χ1n) is 4.36. The standard InChI is InChI=1S/C10H13BrN2S/c1-6(2)13-9-5-7(11)3-4-8(9)10(12)14/h3-6,13H,1-2H3,(H2,12,14). The van der Waals surface area contributed by atoms with Gasteiger partial charge in [0, 0.05) is 21.8 Å². The Hall–Kier alpha value is -0.610. The predicted molar refractivity (Wildman–Crippen MR) is 68.8 cm³/mol. The first-order valence-corrected chi connectivity index (χ1v) is 5.56. The summed E-state index contributed by atoms with van der Waals surface area (Å²) in [6, 6.07) is 6.18. The highest BCUT2D eigenvalue weighted by Crippen LogP contribution is 2.22. The minimum absolute atomic E-state index is 0.359. The molecule has 0 heterocycles. The second-order valence-corrected chi connectivity index (χ2v) is 4.71. The number of halogens is 1. The quantitative estimate of drug-likeness (QED) is 0.832. The smallest absolute Gasteiger partial charge is 0.106 e. The summed E-state index contributed by atoms with van der Waals surface area (Å²) in [7, 11) is 0. The number of nitrogens with two attached hydrogens (primary N) is 1. The lowest BCUT2D eigenvalue weighted by Gasteiger charge is -2.14. The van der Waals surface area contributed by atoms with Crippen molar-refractivity contribution in [2.75, 3.05) is 5.32 Å². The van der Waals surface area contributed by atoms with Gasteiger partial charge in [-0.1, -0.05) is 28.1 Å². The van der Waals surface area contributed by atoms with Crippen LogP contribution in [0.25, 0.3) is 0 Å². The molecule has 4 heteroatoms. The zero-order chi connectivity index (χ0) is 10.7. The van der Waals surface area contributed by atoms with E-state index in [1.165, 1.54) is 0 Å². The molecule has 0 radical (unpaired) electrons. The third-order valence-electron chi connectivity index (χ3n) is 1.69. The van der Waals surface area contributed by atoms with E-state index in [-0.39, 0.29) is 0 Å². The number of benzene rings is 1. The predicted octanol–water partition coefficient (Wildman–Crippen LogP) is 2.90. The molecule has 0 atom stereocenters. The topological polar surface area (TPSA) is 38.0 Å². The molecule has 76 valence electrons. The molecule has 3 N–H and O–H groups in total. The molecule has 1 aromatic carbocycles. The Bertz CT molecular complexity index is 350. The van der Waals surface area contributed by atoms with Crippen LogP contribution in [-0.4, -0.2) is 11.0 Å². The molecular weight excluding hydrogens is 260 g/mol. The monoisotopic (exact) mass is 272 g/mol. The molecule has 1 rings (SSSR count). The van der Waals surface area contributed by atoms with Gasteiger partial charge in [-0.05, 0) is 32.0 Å². The summed E-state index contributed by atoms with van der Waals surface area (Å²) < 4.78 is 1.01. The molecule has 1 aromatic rings. The average Bonchev–Trinajstić information content (AvgIpc) is 2.01. The van der Waals surface area contributed by atoms with Gasteiger partial charge in [-0.3, -0.25) is 0 Å². The summed E-state index contributed by atoms with van der Waals surface area (Å²) in [4.78, 5) is 0.417. The highest BCUT2D eigenvalue weighted by molar-refractivity contribution is 9.10. The van der Waals surface area contributed by atoms with Crippen molar-refractivity contribution >= 4 is 38.8 Å². The Morgan fingerprint density at radius 3 is 2.64 bits per heavy atom. The van der Waals surface area contributed by atoms with Gasteiger partial charge in [0.05, 0.1) is 0 Å². The summed E-state index contributed by atoms with van der Waals surface area (Å²) >= 11 is 8.38. The second kappa shape index (κ2) is 4.75. The van der Waals surface area contributed by atoms with Crippen LogP contribution in [0.4, 0.5) is 5.69 Å². The van der Waals surface area contributed by atoms with Gasteiger partial charge in [-0.25, -0.2) is 0 Å². The van der Waals surface area contributed by atoms with Crippen molar-refractivity contribution in [1.29, 1.82) is 0 Å². The van der Waals surface area contributed by atoms with Crippen molar-refractivity contribution < 1.29 is 0 Å². The first kappa shape index (κ1) is 11.5. The van der Waals surface area contributed by atoms with E-state index in [9.17, 15) is 0 Å². The van der Waals surface area contributed by atoms with Crippen LogP contribution in [-0.2, 0) is 0 Å². The minimum Gasteiger partial charge on any atom is -0.389 e. The lowest BCUT2D eigenvalue weighted by molar-refractivity contribution is 0.899. The summed E-state index contributed by atoms with van der Waals surface area (Å²) in [5.41, 5.74) is 7.48. The molecule has 0 aliphatic heterocycles. The zero-order valence-electron chi connectivity index (χ0n) is 8.17. The molecule has 0 spiro atoms. The van der Waals surface area contributed by atoms with Crippen molar-refractivity contribution in [1.82, 2.24) is 0 Å². The van der Waals surface area contributed by atoms with Gasteiger partial charge in [0.25, 0.3) is 0 Å². The lowest BCUT2D eigenvalue weighted by Crippen LogP contribution is -2.16. The minimum atomic E-state index is 0.359. The SMILES string of the molecule is CC(C)Nc1cc(Br)ccc1C(N)=S. The molecule has 0 aromatic heterocycles. The van der Waals surface area contributed by atoms with Crippen LogP contribution in [0.3, 0.4) is 0 Å². The molecular formula is C10H13BrN2S. The van der Waals surface area contributed by atoms with Crippen molar-refractivity contribution in [3.63, 3.8) is 0 Å². The largest absolute Gasteiger partial charge is 0.389 e. The average molecular weight is 273 g/mol. The lowest BCUT2D eigenvalue weighted by atomic mass is 10.1. The van der Waals surface area contributed by atoms with Crippen LogP contribution in [0.2, 0.25) is 0 Å². The molecule has 0 aliphatic carbocycles. The van der Waals surface area contributed by atoms with E-state index in [0.29, 0.717) is 11.0 Å². The Balaban J connectivity index is 3.09. The number of rotatable bonds is 3. The van der Waals surface area contributed by atoms with E-state index < -0.39 is 0 Å². The van der Waals surface area contributed by atoms with Gasteiger partial charge < -0.3 is 11.1 Å². The molecule has 0 fully saturated rings. The fourth-order valence-corrected chi connectivity index (χ4v) is 1.70. The Labute approximate surface area is 98.0 Å². The van der Waals surface area contributed by atoms with E-state index in [1.807, 2.05) is 18.2 Å². The third kappa shape index (κ3) is 2.96. The maximum atomic E-state index is 5.62. The van der Waals surface area contributed by atoms with E-state index in [0.717, 1.165) is 15.7 Å². The molecule has 14 heavy (non-hydrogen) atoms. The Kier molecular flexibility index (Phi) is 3.89. The summed E-state index contributed by atoms with van der Waals surface area (Å²) in [5.74, 6) is 0. The maximum Gasteiger partial charge on any atom is 0.106 e. The number of nitrogens with one attached hydrogen (secondary N) is 1. The van der Waals surface area contributed by atoms with E-state index in [2.05, 4.69) is 35.1 Å².